The van der Waals surface area contributed by atoms with E-state index >= 15 is 0 Å². The highest BCUT2D eigenvalue weighted by atomic mass is 19.1. The third-order valence-electron chi connectivity index (χ3n) is 6.32. The van der Waals surface area contributed by atoms with E-state index in [0.29, 0.717) is 0 Å². The number of piperazine rings is 1. The van der Waals surface area contributed by atoms with Crippen molar-refractivity contribution in [1.29, 1.82) is 0 Å². The van der Waals surface area contributed by atoms with Crippen molar-refractivity contribution in [2.24, 2.45) is 0 Å². The van der Waals surface area contributed by atoms with Gasteiger partial charge in [-0.15, -0.1) is 0 Å². The first-order valence-electron chi connectivity index (χ1n) is 11.4. The van der Waals surface area contributed by atoms with Crippen LogP contribution in [0.5, 0.6) is 0 Å². The lowest BCUT2D eigenvalue weighted by Gasteiger charge is -2.40. The Labute approximate surface area is 193 Å². The molecule has 1 fully saturated rings. The minimum absolute atomic E-state index is 0.157. The second kappa shape index (κ2) is 9.16. The molecule has 5 rings (SSSR count). The van der Waals surface area contributed by atoms with Crippen LogP contribution in [0.3, 0.4) is 0 Å². The molecule has 1 unspecified atom stereocenters. The number of anilines is 1. The Bertz CT molecular complexity index is 1190. The number of aromatic amines is 1. The molecule has 6 heteroatoms. The maximum absolute atomic E-state index is 13.4. The Morgan fingerprint density at radius 3 is 2.30 bits per heavy atom. The van der Waals surface area contributed by atoms with E-state index < -0.39 is 0 Å². The van der Waals surface area contributed by atoms with Gasteiger partial charge < -0.3 is 4.90 Å². The van der Waals surface area contributed by atoms with Gasteiger partial charge in [0.1, 0.15) is 11.6 Å². The fraction of sp³-hybridized carbons (Fsp3) is 0.259. The molecule has 1 aliphatic heterocycles. The van der Waals surface area contributed by atoms with Crippen molar-refractivity contribution < 1.29 is 4.39 Å². The van der Waals surface area contributed by atoms with Gasteiger partial charge in [-0.1, -0.05) is 41.5 Å². The van der Waals surface area contributed by atoms with Gasteiger partial charge >= 0.3 is 0 Å². The number of H-pyrrole nitrogens is 1. The molecule has 33 heavy (non-hydrogen) atoms. The predicted octanol–water partition coefficient (Wildman–Crippen LogP) is 5.14. The second-order valence-corrected chi connectivity index (χ2v) is 8.76. The number of aryl methyl sites for hydroxylation is 2. The van der Waals surface area contributed by atoms with Crippen molar-refractivity contribution in [3.63, 3.8) is 0 Å². The fourth-order valence-corrected chi connectivity index (χ4v) is 4.89. The lowest BCUT2D eigenvalue weighted by molar-refractivity contribution is 0.212. The van der Waals surface area contributed by atoms with E-state index in [4.69, 9.17) is 4.98 Å². The molecule has 0 radical (unpaired) electrons. The van der Waals surface area contributed by atoms with E-state index in [-0.39, 0.29) is 11.9 Å². The zero-order valence-electron chi connectivity index (χ0n) is 19.0. The number of hydrogen-bond donors (Lipinski definition) is 1. The fourth-order valence-electron chi connectivity index (χ4n) is 4.89. The number of pyridine rings is 1. The molecule has 0 amide bonds. The van der Waals surface area contributed by atoms with E-state index in [2.05, 4.69) is 58.1 Å². The quantitative estimate of drug-likeness (QED) is 0.466. The number of hydrogen-bond acceptors (Lipinski definition) is 4. The second-order valence-electron chi connectivity index (χ2n) is 8.76. The van der Waals surface area contributed by atoms with E-state index in [1.165, 1.54) is 34.4 Å². The van der Waals surface area contributed by atoms with E-state index in [0.717, 1.165) is 43.1 Å². The summed E-state index contributed by atoms with van der Waals surface area (Å²) in [6, 6.07) is 17.6. The molecule has 1 aliphatic rings. The van der Waals surface area contributed by atoms with Crippen LogP contribution in [0.2, 0.25) is 0 Å². The number of benzene rings is 2. The molecule has 0 aliphatic carbocycles. The lowest BCUT2D eigenvalue weighted by Crippen LogP contribution is -2.48. The summed E-state index contributed by atoms with van der Waals surface area (Å²) in [5.41, 5.74) is 7.04. The van der Waals surface area contributed by atoms with Gasteiger partial charge in [0.25, 0.3) is 0 Å². The maximum Gasteiger partial charge on any atom is 0.136 e. The summed E-state index contributed by atoms with van der Waals surface area (Å²) in [5, 5.41) is 7.21. The summed E-state index contributed by atoms with van der Waals surface area (Å²) in [4.78, 5) is 9.56. The minimum Gasteiger partial charge on any atom is -0.354 e. The Morgan fingerprint density at radius 1 is 0.909 bits per heavy atom. The average molecular weight is 442 g/mol. The predicted molar refractivity (Wildman–Crippen MR) is 130 cm³/mol. The molecular weight excluding hydrogens is 413 g/mol. The van der Waals surface area contributed by atoms with Crippen molar-refractivity contribution in [2.75, 3.05) is 31.1 Å². The van der Waals surface area contributed by atoms with Gasteiger partial charge in [-0.3, -0.25) is 10.00 Å². The van der Waals surface area contributed by atoms with Crippen LogP contribution in [0, 0.1) is 19.7 Å². The van der Waals surface area contributed by atoms with Crippen LogP contribution in [-0.2, 0) is 0 Å². The lowest BCUT2D eigenvalue weighted by atomic mass is 9.95. The first-order valence-corrected chi connectivity index (χ1v) is 11.4. The van der Waals surface area contributed by atoms with E-state index in [9.17, 15) is 4.39 Å². The maximum atomic E-state index is 13.4. The van der Waals surface area contributed by atoms with Crippen LogP contribution in [0.4, 0.5) is 10.2 Å². The van der Waals surface area contributed by atoms with Crippen LogP contribution in [-0.4, -0.2) is 46.3 Å². The summed E-state index contributed by atoms with van der Waals surface area (Å²) in [5.74, 6) is 0.726. The number of halogens is 1. The summed E-state index contributed by atoms with van der Waals surface area (Å²) < 4.78 is 13.4. The average Bonchev–Trinajstić information content (AvgIpc) is 3.34. The van der Waals surface area contributed by atoms with Gasteiger partial charge in [0.2, 0.25) is 0 Å². The Balaban J connectivity index is 1.40. The third-order valence-corrected chi connectivity index (χ3v) is 6.32. The van der Waals surface area contributed by atoms with Crippen molar-refractivity contribution in [2.45, 2.75) is 19.9 Å². The monoisotopic (exact) mass is 441 g/mol. The molecule has 0 spiro atoms. The van der Waals surface area contributed by atoms with Crippen LogP contribution in [0.25, 0.3) is 11.1 Å². The minimum atomic E-state index is -0.227. The molecule has 2 aromatic heterocycles. The number of nitrogens with one attached hydrogen (secondary N) is 1. The van der Waals surface area contributed by atoms with Crippen LogP contribution >= 0.6 is 0 Å². The third kappa shape index (κ3) is 4.52. The summed E-state index contributed by atoms with van der Waals surface area (Å²) >= 11 is 0. The molecular formula is C27H28FN5. The Hall–Kier alpha value is -3.51. The van der Waals surface area contributed by atoms with Gasteiger partial charge in [-0.2, -0.15) is 5.10 Å². The molecule has 1 N–H and O–H groups in total. The molecule has 0 saturated carbocycles. The SMILES string of the molecule is Cc1cc(C)cc(C(c2cn[nH]c2)N2CCN(c3ncccc3-c3ccc(F)cc3)CC2)c1. The standard InChI is InChI=1S/C27H28FN5/c1-19-14-20(2)16-22(15-19)26(23-17-30-31-18-23)32-10-12-33(13-11-32)27-25(4-3-9-29-27)21-5-7-24(28)8-6-21/h3-9,14-18,26H,10-13H2,1-2H3,(H,30,31). The summed E-state index contributed by atoms with van der Waals surface area (Å²) in [6.07, 6.45) is 5.76. The number of nitrogens with zero attached hydrogens (tertiary/aromatic N) is 4. The number of aromatic nitrogens is 3. The molecule has 3 heterocycles. The molecule has 1 saturated heterocycles. The topological polar surface area (TPSA) is 48.1 Å². The Kier molecular flexibility index (Phi) is 5.92. The molecule has 168 valence electrons. The largest absolute Gasteiger partial charge is 0.354 e. The zero-order chi connectivity index (χ0) is 22.8. The highest BCUT2D eigenvalue weighted by Gasteiger charge is 2.28. The van der Waals surface area contributed by atoms with E-state index in [1.54, 1.807) is 0 Å². The van der Waals surface area contributed by atoms with Crippen molar-refractivity contribution >= 4 is 5.82 Å². The number of rotatable bonds is 5. The van der Waals surface area contributed by atoms with Crippen LogP contribution in [0.1, 0.15) is 28.3 Å². The zero-order valence-corrected chi connectivity index (χ0v) is 19.0. The molecule has 0 bridgehead atoms. The first kappa shape index (κ1) is 21.3. The highest BCUT2D eigenvalue weighted by Crippen LogP contribution is 2.33. The van der Waals surface area contributed by atoms with Crippen LogP contribution < -0.4 is 4.90 Å². The molecule has 4 aromatic rings. The summed E-state index contributed by atoms with van der Waals surface area (Å²) in [7, 11) is 0. The first-order chi connectivity index (χ1) is 16.1. The van der Waals surface area contributed by atoms with Crippen LogP contribution in [0.15, 0.2) is 73.2 Å². The smallest absolute Gasteiger partial charge is 0.136 e. The molecule has 1 atom stereocenters. The molecule has 2 aromatic carbocycles. The van der Waals surface area contributed by atoms with Gasteiger partial charge in [0, 0.05) is 49.7 Å². The van der Waals surface area contributed by atoms with Crippen molar-refractivity contribution in [3.05, 3.63) is 101 Å². The Morgan fingerprint density at radius 2 is 1.64 bits per heavy atom. The van der Waals surface area contributed by atoms with Crippen molar-refractivity contribution in [3.8, 4) is 11.1 Å². The van der Waals surface area contributed by atoms with Gasteiger partial charge in [0.15, 0.2) is 0 Å². The molecule has 5 nitrogen and oxygen atoms in total. The highest BCUT2D eigenvalue weighted by molar-refractivity contribution is 5.75. The normalized spacial score (nSPS) is 15.5. The van der Waals surface area contributed by atoms with Gasteiger partial charge in [0.05, 0.1) is 12.2 Å². The van der Waals surface area contributed by atoms with Crippen molar-refractivity contribution in [1.82, 2.24) is 20.1 Å². The summed E-state index contributed by atoms with van der Waals surface area (Å²) in [6.45, 7) is 7.84. The van der Waals surface area contributed by atoms with Gasteiger partial charge in [-0.25, -0.2) is 9.37 Å². The van der Waals surface area contributed by atoms with Gasteiger partial charge in [-0.05, 0) is 49.2 Å². The van der Waals surface area contributed by atoms with E-state index in [1.807, 2.05) is 36.8 Å².